The van der Waals surface area contributed by atoms with Crippen molar-refractivity contribution >= 4 is 6.08 Å². The number of hydrogen-bond donors (Lipinski definition) is 1. The highest BCUT2D eigenvalue weighted by atomic mass is 16.5. The number of rotatable bonds is 7. The van der Waals surface area contributed by atoms with Crippen molar-refractivity contribution in [3.63, 3.8) is 0 Å². The van der Waals surface area contributed by atoms with Crippen molar-refractivity contribution in [1.29, 1.82) is 0 Å². The van der Waals surface area contributed by atoms with Gasteiger partial charge in [0.1, 0.15) is 5.75 Å². The Bertz CT molecular complexity index is 484. The molecule has 19 heavy (non-hydrogen) atoms. The lowest BCUT2D eigenvalue weighted by Crippen LogP contribution is -1.91. The summed E-state index contributed by atoms with van der Waals surface area (Å²) in [5.41, 5.74) is 7.54. The first-order valence-electron chi connectivity index (χ1n) is 6.40. The number of hydrogen-bond acceptors (Lipinski definition) is 2. The lowest BCUT2D eigenvalue weighted by molar-refractivity contribution is 0.340. The zero-order chi connectivity index (χ0) is 13.9. The normalized spacial score (nSPS) is 12.2. The summed E-state index contributed by atoms with van der Waals surface area (Å²) in [7, 11) is 0. The summed E-state index contributed by atoms with van der Waals surface area (Å²) < 4.78 is 5.45. The van der Waals surface area contributed by atoms with Crippen LogP contribution in [0, 0.1) is 0 Å². The van der Waals surface area contributed by atoms with E-state index in [2.05, 4.69) is 24.8 Å². The minimum atomic E-state index is 0.685. The van der Waals surface area contributed by atoms with E-state index in [1.807, 2.05) is 37.3 Å². The molecule has 0 saturated heterocycles. The van der Waals surface area contributed by atoms with Crippen LogP contribution in [0.2, 0.25) is 0 Å². The third-order valence-electron chi connectivity index (χ3n) is 2.37. The summed E-state index contributed by atoms with van der Waals surface area (Å²) in [5, 5.41) is 0. The van der Waals surface area contributed by atoms with E-state index in [1.165, 1.54) is 0 Å². The second kappa shape index (κ2) is 8.81. The SMILES string of the molecule is C=C/C=C(N)\C=C/C/C=C/c1cccc(OCC)c1. The molecule has 1 rings (SSSR count). The van der Waals surface area contributed by atoms with E-state index in [0.717, 1.165) is 17.7 Å². The average molecular weight is 255 g/mol. The summed E-state index contributed by atoms with van der Waals surface area (Å²) >= 11 is 0. The smallest absolute Gasteiger partial charge is 0.119 e. The molecule has 0 radical (unpaired) electrons. The van der Waals surface area contributed by atoms with Crippen molar-refractivity contribution in [2.24, 2.45) is 5.73 Å². The Morgan fingerprint density at radius 3 is 2.95 bits per heavy atom. The van der Waals surface area contributed by atoms with Crippen molar-refractivity contribution in [3.8, 4) is 5.75 Å². The zero-order valence-electron chi connectivity index (χ0n) is 11.4. The van der Waals surface area contributed by atoms with Crippen LogP contribution in [0.1, 0.15) is 18.9 Å². The first-order chi connectivity index (χ1) is 9.26. The molecule has 2 N–H and O–H groups in total. The zero-order valence-corrected chi connectivity index (χ0v) is 11.4. The molecule has 0 aromatic heterocycles. The third kappa shape index (κ3) is 6.32. The van der Waals surface area contributed by atoms with Gasteiger partial charge in [-0.1, -0.05) is 43.0 Å². The number of ether oxygens (including phenoxy) is 1. The Kier molecular flexibility index (Phi) is 6.88. The van der Waals surface area contributed by atoms with E-state index < -0.39 is 0 Å². The molecule has 2 nitrogen and oxygen atoms in total. The van der Waals surface area contributed by atoms with Crippen LogP contribution in [0.4, 0.5) is 0 Å². The average Bonchev–Trinajstić information content (AvgIpc) is 2.39. The fourth-order valence-corrected chi connectivity index (χ4v) is 1.55. The molecule has 0 aliphatic heterocycles. The molecule has 0 aliphatic rings. The lowest BCUT2D eigenvalue weighted by atomic mass is 10.2. The molecule has 0 unspecified atom stereocenters. The maximum absolute atomic E-state index is 5.69. The molecule has 100 valence electrons. The monoisotopic (exact) mass is 255 g/mol. The second-order valence-corrected chi connectivity index (χ2v) is 3.95. The topological polar surface area (TPSA) is 35.2 Å². The number of allylic oxidation sites excluding steroid dienone is 5. The van der Waals surface area contributed by atoms with Crippen molar-refractivity contribution in [2.75, 3.05) is 6.61 Å². The summed E-state index contributed by atoms with van der Waals surface area (Å²) in [6.07, 6.45) is 12.3. The van der Waals surface area contributed by atoms with E-state index in [-0.39, 0.29) is 0 Å². The maximum Gasteiger partial charge on any atom is 0.119 e. The van der Waals surface area contributed by atoms with Crippen LogP contribution in [0.15, 0.2) is 66.9 Å². The molecule has 0 aliphatic carbocycles. The summed E-state index contributed by atoms with van der Waals surface area (Å²) in [4.78, 5) is 0. The molecule has 0 fully saturated rings. The molecular formula is C17H21NO. The van der Waals surface area contributed by atoms with Crippen molar-refractivity contribution in [1.82, 2.24) is 0 Å². The van der Waals surface area contributed by atoms with Gasteiger partial charge in [-0.15, -0.1) is 0 Å². The largest absolute Gasteiger partial charge is 0.494 e. The van der Waals surface area contributed by atoms with E-state index in [9.17, 15) is 0 Å². The van der Waals surface area contributed by atoms with E-state index in [1.54, 1.807) is 12.2 Å². The fraction of sp³-hybridized carbons (Fsp3) is 0.176. The van der Waals surface area contributed by atoms with Gasteiger partial charge in [-0.05, 0) is 43.2 Å². The highest BCUT2D eigenvalue weighted by Crippen LogP contribution is 2.14. The third-order valence-corrected chi connectivity index (χ3v) is 2.37. The fourth-order valence-electron chi connectivity index (χ4n) is 1.55. The van der Waals surface area contributed by atoms with Crippen molar-refractivity contribution in [2.45, 2.75) is 13.3 Å². The molecule has 1 aromatic carbocycles. The van der Waals surface area contributed by atoms with E-state index in [0.29, 0.717) is 12.3 Å². The van der Waals surface area contributed by atoms with Gasteiger partial charge in [0.25, 0.3) is 0 Å². The summed E-state index contributed by atoms with van der Waals surface area (Å²) in [5.74, 6) is 0.901. The van der Waals surface area contributed by atoms with E-state index >= 15 is 0 Å². The van der Waals surface area contributed by atoms with Crippen LogP contribution >= 0.6 is 0 Å². The Morgan fingerprint density at radius 2 is 2.21 bits per heavy atom. The van der Waals surface area contributed by atoms with Crippen LogP contribution < -0.4 is 10.5 Å². The molecule has 0 bridgehead atoms. The molecule has 0 spiro atoms. The molecule has 0 atom stereocenters. The van der Waals surface area contributed by atoms with Crippen molar-refractivity contribution in [3.05, 3.63) is 72.5 Å². The highest BCUT2D eigenvalue weighted by molar-refractivity contribution is 5.51. The summed E-state index contributed by atoms with van der Waals surface area (Å²) in [6, 6.07) is 8.03. The predicted molar refractivity (Wildman–Crippen MR) is 82.9 cm³/mol. The molecule has 0 amide bonds. The maximum atomic E-state index is 5.69. The minimum Gasteiger partial charge on any atom is -0.494 e. The Morgan fingerprint density at radius 1 is 1.37 bits per heavy atom. The lowest BCUT2D eigenvalue weighted by Gasteiger charge is -2.02. The standard InChI is InChI=1S/C17H21NO/c1-3-9-16(18)12-7-5-6-10-15-11-8-13-17(14-15)19-4-2/h3,6-14H,1,4-5,18H2,2H3/b10-6+,12-7-,16-9+. The Hall–Kier alpha value is -2.22. The number of nitrogens with two attached hydrogens (primary N) is 1. The van der Waals surface area contributed by atoms with Gasteiger partial charge in [0.2, 0.25) is 0 Å². The van der Waals surface area contributed by atoms with Gasteiger partial charge in [-0.25, -0.2) is 0 Å². The molecule has 2 heteroatoms. The highest BCUT2D eigenvalue weighted by Gasteiger charge is 1.91. The van der Waals surface area contributed by atoms with Crippen LogP contribution in [0.5, 0.6) is 5.75 Å². The minimum absolute atomic E-state index is 0.685. The first kappa shape index (κ1) is 14.8. The molecular weight excluding hydrogens is 234 g/mol. The predicted octanol–water partition coefficient (Wildman–Crippen LogP) is 4.07. The van der Waals surface area contributed by atoms with Gasteiger partial charge in [0.05, 0.1) is 6.61 Å². The van der Waals surface area contributed by atoms with E-state index in [4.69, 9.17) is 10.5 Å². The van der Waals surface area contributed by atoms with Gasteiger partial charge < -0.3 is 10.5 Å². The molecule has 0 heterocycles. The van der Waals surface area contributed by atoms with Crippen LogP contribution in [0.3, 0.4) is 0 Å². The van der Waals surface area contributed by atoms with Crippen molar-refractivity contribution < 1.29 is 4.74 Å². The Balaban J connectivity index is 2.50. The molecule has 0 saturated carbocycles. The van der Waals surface area contributed by atoms with Gasteiger partial charge in [0, 0.05) is 5.70 Å². The van der Waals surface area contributed by atoms with Crippen LogP contribution in [0.25, 0.3) is 6.08 Å². The van der Waals surface area contributed by atoms with Gasteiger partial charge in [-0.2, -0.15) is 0 Å². The number of benzene rings is 1. The van der Waals surface area contributed by atoms with Gasteiger partial charge >= 0.3 is 0 Å². The van der Waals surface area contributed by atoms with Crippen LogP contribution in [-0.2, 0) is 0 Å². The second-order valence-electron chi connectivity index (χ2n) is 3.95. The quantitative estimate of drug-likeness (QED) is 0.745. The summed E-state index contributed by atoms with van der Waals surface area (Å²) in [6.45, 7) is 6.26. The van der Waals surface area contributed by atoms with Gasteiger partial charge in [-0.3, -0.25) is 0 Å². The van der Waals surface area contributed by atoms with Gasteiger partial charge in [0.15, 0.2) is 0 Å². The molecule has 1 aromatic rings. The first-order valence-corrected chi connectivity index (χ1v) is 6.40. The Labute approximate surface area is 115 Å². The van der Waals surface area contributed by atoms with Crippen LogP contribution in [-0.4, -0.2) is 6.61 Å².